The van der Waals surface area contributed by atoms with Crippen molar-refractivity contribution in [1.29, 1.82) is 0 Å². The monoisotopic (exact) mass is 214 g/mol. The maximum Gasteiger partial charge on any atom is 0.317 e. The van der Waals surface area contributed by atoms with Gasteiger partial charge in [0.15, 0.2) is 0 Å². The molecule has 0 radical (unpaired) electrons. The van der Waals surface area contributed by atoms with Gasteiger partial charge in [-0.3, -0.25) is 4.79 Å². The van der Waals surface area contributed by atoms with Gasteiger partial charge in [-0.05, 0) is 6.42 Å². The summed E-state index contributed by atoms with van der Waals surface area (Å²) in [5.74, 6) is -1.18. The van der Waals surface area contributed by atoms with Crippen molar-refractivity contribution in [3.8, 4) is 0 Å². The van der Waals surface area contributed by atoms with Crippen LogP contribution < -0.4 is 5.32 Å². The summed E-state index contributed by atoms with van der Waals surface area (Å²) in [6.45, 7) is 3.47. The third kappa shape index (κ3) is 3.42. The van der Waals surface area contributed by atoms with E-state index in [2.05, 4.69) is 12.2 Å². The Morgan fingerprint density at radius 2 is 2.07 bits per heavy atom. The van der Waals surface area contributed by atoms with E-state index in [1.807, 2.05) is 0 Å². The molecular weight excluding hydrogens is 196 g/mol. The standard InChI is InChI=1S/C10H18N2O3/c1-2-3-4-5-11-10(15)12-6-8(7-12)9(13)14/h8H,2-7H2,1H3,(H,11,15)(H,13,14). The maximum atomic E-state index is 11.4. The van der Waals surface area contributed by atoms with Crippen LogP contribution in [0.15, 0.2) is 0 Å². The van der Waals surface area contributed by atoms with Crippen molar-refractivity contribution in [1.82, 2.24) is 10.2 Å². The van der Waals surface area contributed by atoms with Crippen LogP contribution in [-0.4, -0.2) is 41.6 Å². The van der Waals surface area contributed by atoms with Gasteiger partial charge >= 0.3 is 12.0 Å². The van der Waals surface area contributed by atoms with Gasteiger partial charge in [-0.2, -0.15) is 0 Å². The summed E-state index contributed by atoms with van der Waals surface area (Å²) in [7, 11) is 0. The van der Waals surface area contributed by atoms with Gasteiger partial charge in [-0.1, -0.05) is 19.8 Å². The van der Waals surface area contributed by atoms with E-state index in [1.165, 1.54) is 4.90 Å². The third-order valence-electron chi connectivity index (χ3n) is 2.57. The van der Waals surface area contributed by atoms with E-state index in [0.717, 1.165) is 19.3 Å². The molecule has 0 bridgehead atoms. The van der Waals surface area contributed by atoms with Crippen LogP contribution in [0.4, 0.5) is 4.79 Å². The predicted molar refractivity (Wildman–Crippen MR) is 55.6 cm³/mol. The molecule has 5 heteroatoms. The lowest BCUT2D eigenvalue weighted by Gasteiger charge is -2.36. The number of rotatable bonds is 5. The van der Waals surface area contributed by atoms with E-state index in [1.54, 1.807) is 0 Å². The molecule has 1 aliphatic rings. The number of hydrogen-bond acceptors (Lipinski definition) is 2. The molecule has 0 atom stereocenters. The zero-order valence-corrected chi connectivity index (χ0v) is 9.03. The molecule has 15 heavy (non-hydrogen) atoms. The van der Waals surface area contributed by atoms with Gasteiger partial charge in [-0.25, -0.2) is 4.79 Å². The van der Waals surface area contributed by atoms with E-state index >= 15 is 0 Å². The summed E-state index contributed by atoms with van der Waals surface area (Å²) >= 11 is 0. The number of urea groups is 1. The zero-order chi connectivity index (χ0) is 11.3. The number of aliphatic carboxylic acids is 1. The second-order valence-electron chi connectivity index (χ2n) is 3.88. The van der Waals surface area contributed by atoms with E-state index < -0.39 is 5.97 Å². The number of nitrogens with one attached hydrogen (secondary N) is 1. The largest absolute Gasteiger partial charge is 0.481 e. The molecule has 1 heterocycles. The summed E-state index contributed by atoms with van der Waals surface area (Å²) in [5.41, 5.74) is 0. The average molecular weight is 214 g/mol. The highest BCUT2D eigenvalue weighted by molar-refractivity contribution is 5.79. The van der Waals surface area contributed by atoms with Gasteiger partial charge in [0.1, 0.15) is 0 Å². The number of carboxylic acid groups (broad SMARTS) is 1. The fraction of sp³-hybridized carbons (Fsp3) is 0.800. The Hall–Kier alpha value is -1.26. The molecule has 1 aliphatic heterocycles. The minimum atomic E-state index is -0.815. The molecule has 0 aromatic carbocycles. The molecule has 0 aromatic heterocycles. The van der Waals surface area contributed by atoms with Crippen molar-refractivity contribution in [3.63, 3.8) is 0 Å². The van der Waals surface area contributed by atoms with Gasteiger partial charge in [0.2, 0.25) is 0 Å². The number of carbonyl (C=O) groups is 2. The van der Waals surface area contributed by atoms with Crippen molar-refractivity contribution in [2.24, 2.45) is 5.92 Å². The first-order valence-corrected chi connectivity index (χ1v) is 5.40. The van der Waals surface area contributed by atoms with Gasteiger partial charge in [0.05, 0.1) is 5.92 Å². The molecule has 0 aromatic rings. The molecule has 1 fully saturated rings. The molecule has 0 spiro atoms. The zero-order valence-electron chi connectivity index (χ0n) is 9.03. The van der Waals surface area contributed by atoms with Crippen molar-refractivity contribution in [2.75, 3.05) is 19.6 Å². The van der Waals surface area contributed by atoms with Crippen LogP contribution in [0.5, 0.6) is 0 Å². The Morgan fingerprint density at radius 1 is 1.40 bits per heavy atom. The number of likely N-dealkylation sites (tertiary alicyclic amines) is 1. The Bertz CT molecular complexity index is 237. The van der Waals surface area contributed by atoms with E-state index in [9.17, 15) is 9.59 Å². The molecule has 0 saturated carbocycles. The number of carbonyl (C=O) groups excluding carboxylic acids is 1. The molecular formula is C10H18N2O3. The quantitative estimate of drug-likeness (QED) is 0.668. The van der Waals surface area contributed by atoms with E-state index in [4.69, 9.17) is 5.11 Å². The lowest BCUT2D eigenvalue weighted by Crippen LogP contribution is -2.56. The lowest BCUT2D eigenvalue weighted by molar-refractivity contribution is -0.146. The summed E-state index contributed by atoms with van der Waals surface area (Å²) in [6.07, 6.45) is 3.22. The Labute approximate surface area is 89.4 Å². The van der Waals surface area contributed by atoms with Gasteiger partial charge in [0, 0.05) is 19.6 Å². The van der Waals surface area contributed by atoms with Crippen LogP contribution in [-0.2, 0) is 4.79 Å². The minimum Gasteiger partial charge on any atom is -0.481 e. The first kappa shape index (κ1) is 11.8. The van der Waals surface area contributed by atoms with Crippen molar-refractivity contribution in [2.45, 2.75) is 26.2 Å². The highest BCUT2D eigenvalue weighted by Crippen LogP contribution is 2.15. The first-order valence-electron chi connectivity index (χ1n) is 5.40. The van der Waals surface area contributed by atoms with Crippen LogP contribution in [0, 0.1) is 5.92 Å². The molecule has 2 N–H and O–H groups in total. The lowest BCUT2D eigenvalue weighted by atomic mass is 10.0. The molecule has 2 amide bonds. The van der Waals surface area contributed by atoms with Crippen LogP contribution in [0.25, 0.3) is 0 Å². The number of amides is 2. The van der Waals surface area contributed by atoms with Crippen LogP contribution in [0.2, 0.25) is 0 Å². The van der Waals surface area contributed by atoms with Gasteiger partial charge in [0.25, 0.3) is 0 Å². The maximum absolute atomic E-state index is 11.4. The van der Waals surface area contributed by atoms with Gasteiger partial charge < -0.3 is 15.3 Å². The topological polar surface area (TPSA) is 69.6 Å². The van der Waals surface area contributed by atoms with Crippen molar-refractivity contribution in [3.05, 3.63) is 0 Å². The molecule has 86 valence electrons. The predicted octanol–water partition coefficient (Wildman–Crippen LogP) is 0.903. The second kappa shape index (κ2) is 5.58. The van der Waals surface area contributed by atoms with E-state index in [-0.39, 0.29) is 11.9 Å². The second-order valence-corrected chi connectivity index (χ2v) is 3.88. The van der Waals surface area contributed by atoms with E-state index in [0.29, 0.717) is 19.6 Å². The van der Waals surface area contributed by atoms with Crippen molar-refractivity contribution < 1.29 is 14.7 Å². The van der Waals surface area contributed by atoms with Crippen LogP contribution in [0.1, 0.15) is 26.2 Å². The molecule has 1 rings (SSSR count). The summed E-state index contributed by atoms with van der Waals surface area (Å²) in [5, 5.41) is 11.4. The third-order valence-corrected chi connectivity index (χ3v) is 2.57. The first-order chi connectivity index (χ1) is 7.15. The fourth-order valence-corrected chi connectivity index (χ4v) is 1.48. The molecule has 0 unspecified atom stereocenters. The average Bonchev–Trinajstić information content (AvgIpc) is 2.09. The Morgan fingerprint density at radius 3 is 2.60 bits per heavy atom. The van der Waals surface area contributed by atoms with Crippen LogP contribution in [0.3, 0.4) is 0 Å². The highest BCUT2D eigenvalue weighted by atomic mass is 16.4. The smallest absolute Gasteiger partial charge is 0.317 e. The Kier molecular flexibility index (Phi) is 4.39. The SMILES string of the molecule is CCCCCNC(=O)N1CC(C(=O)O)C1. The normalized spacial score (nSPS) is 15.9. The minimum absolute atomic E-state index is 0.136. The number of hydrogen-bond donors (Lipinski definition) is 2. The Balaban J connectivity index is 2.07. The molecule has 0 aliphatic carbocycles. The summed E-state index contributed by atoms with van der Waals surface area (Å²) in [4.78, 5) is 23.4. The number of unbranched alkanes of at least 4 members (excludes halogenated alkanes) is 2. The molecule has 1 saturated heterocycles. The molecule has 5 nitrogen and oxygen atoms in total. The fourth-order valence-electron chi connectivity index (χ4n) is 1.48. The number of nitrogens with zero attached hydrogens (tertiary/aromatic N) is 1. The number of carboxylic acids is 1. The highest BCUT2D eigenvalue weighted by Gasteiger charge is 2.35. The van der Waals surface area contributed by atoms with Gasteiger partial charge in [-0.15, -0.1) is 0 Å². The van der Waals surface area contributed by atoms with Crippen LogP contribution >= 0.6 is 0 Å². The van der Waals surface area contributed by atoms with Crippen molar-refractivity contribution >= 4 is 12.0 Å². The summed E-state index contributed by atoms with van der Waals surface area (Å²) < 4.78 is 0. The summed E-state index contributed by atoms with van der Waals surface area (Å²) in [6, 6.07) is -0.136.